The van der Waals surface area contributed by atoms with Crippen molar-refractivity contribution in [2.45, 2.75) is 20.3 Å². The SMILES string of the molecule is Br.CCCSC(N)=NCC. The number of thioether (sulfide) groups is 1. The van der Waals surface area contributed by atoms with Gasteiger partial charge in [-0.25, -0.2) is 0 Å². The Balaban J connectivity index is 0. The number of hydrogen-bond acceptors (Lipinski definition) is 2. The second kappa shape index (κ2) is 9.30. The summed E-state index contributed by atoms with van der Waals surface area (Å²) in [6.45, 7) is 4.91. The molecule has 0 spiro atoms. The molecule has 0 rings (SSSR count). The molecule has 0 atom stereocenters. The summed E-state index contributed by atoms with van der Waals surface area (Å²) in [4.78, 5) is 4.02. The van der Waals surface area contributed by atoms with Gasteiger partial charge in [-0.05, 0) is 13.3 Å². The fourth-order valence-electron chi connectivity index (χ4n) is 0.408. The molecule has 0 heterocycles. The second-order valence-corrected chi connectivity index (χ2v) is 2.78. The van der Waals surface area contributed by atoms with E-state index in [-0.39, 0.29) is 17.0 Å². The van der Waals surface area contributed by atoms with Gasteiger partial charge in [0.25, 0.3) is 0 Å². The number of aliphatic imine (C=N–C) groups is 1. The maximum absolute atomic E-state index is 5.48. The molecular formula is C6H15BrN2S. The fourth-order valence-corrected chi connectivity index (χ4v) is 1.04. The van der Waals surface area contributed by atoms with Gasteiger partial charge in [-0.15, -0.1) is 17.0 Å². The molecule has 0 aliphatic heterocycles. The van der Waals surface area contributed by atoms with Crippen LogP contribution in [0.25, 0.3) is 0 Å². The van der Waals surface area contributed by atoms with Crippen molar-refractivity contribution in [3.05, 3.63) is 0 Å². The molecule has 0 aromatic rings. The number of nitrogens with zero attached hydrogens (tertiary/aromatic N) is 1. The molecule has 2 nitrogen and oxygen atoms in total. The van der Waals surface area contributed by atoms with Crippen LogP contribution in [-0.2, 0) is 0 Å². The Morgan fingerprint density at radius 1 is 1.50 bits per heavy atom. The zero-order valence-electron chi connectivity index (χ0n) is 6.46. The predicted molar refractivity (Wildman–Crippen MR) is 55.2 cm³/mol. The van der Waals surface area contributed by atoms with Crippen LogP contribution in [-0.4, -0.2) is 17.5 Å². The maximum Gasteiger partial charge on any atom is 0.153 e. The highest BCUT2D eigenvalue weighted by Crippen LogP contribution is 2.00. The normalized spacial score (nSPS) is 10.8. The Labute approximate surface area is 77.4 Å². The molecule has 4 heteroatoms. The van der Waals surface area contributed by atoms with Crippen LogP contribution in [0.15, 0.2) is 4.99 Å². The first-order valence-corrected chi connectivity index (χ1v) is 4.22. The van der Waals surface area contributed by atoms with Crippen LogP contribution >= 0.6 is 28.7 Å². The van der Waals surface area contributed by atoms with E-state index in [0.29, 0.717) is 0 Å². The Morgan fingerprint density at radius 2 is 2.10 bits per heavy atom. The average molecular weight is 227 g/mol. The van der Waals surface area contributed by atoms with E-state index < -0.39 is 0 Å². The lowest BCUT2D eigenvalue weighted by atomic mass is 10.6. The number of nitrogens with two attached hydrogens (primary N) is 1. The molecule has 0 aromatic carbocycles. The lowest BCUT2D eigenvalue weighted by Gasteiger charge is -1.95. The zero-order valence-corrected chi connectivity index (χ0v) is 8.99. The van der Waals surface area contributed by atoms with Crippen molar-refractivity contribution in [2.24, 2.45) is 10.7 Å². The van der Waals surface area contributed by atoms with Crippen LogP contribution in [0.4, 0.5) is 0 Å². The van der Waals surface area contributed by atoms with Gasteiger partial charge in [-0.2, -0.15) is 0 Å². The Hall–Kier alpha value is 0.300. The standard InChI is InChI=1S/C6H14N2S.BrH/c1-3-5-9-6(7)8-4-2;/h3-5H2,1-2H3,(H2,7,8);1H. The predicted octanol–water partition coefficient (Wildman–Crippen LogP) is 2.04. The zero-order chi connectivity index (χ0) is 7.11. The van der Waals surface area contributed by atoms with E-state index in [0.717, 1.165) is 23.9 Å². The summed E-state index contributed by atoms with van der Waals surface area (Å²) < 4.78 is 0. The first-order valence-electron chi connectivity index (χ1n) is 3.24. The maximum atomic E-state index is 5.48. The first kappa shape index (κ1) is 12.9. The van der Waals surface area contributed by atoms with E-state index in [9.17, 15) is 0 Å². The van der Waals surface area contributed by atoms with E-state index in [2.05, 4.69) is 11.9 Å². The molecule has 0 fully saturated rings. The summed E-state index contributed by atoms with van der Waals surface area (Å²) in [5, 5.41) is 0.722. The molecule has 0 aromatic heterocycles. The van der Waals surface area contributed by atoms with Gasteiger partial charge < -0.3 is 5.73 Å². The van der Waals surface area contributed by atoms with Crippen molar-refractivity contribution < 1.29 is 0 Å². The largest absolute Gasteiger partial charge is 0.379 e. The highest BCUT2D eigenvalue weighted by atomic mass is 79.9. The van der Waals surface area contributed by atoms with E-state index >= 15 is 0 Å². The van der Waals surface area contributed by atoms with Gasteiger partial charge in [0.05, 0.1) is 0 Å². The highest BCUT2D eigenvalue weighted by Gasteiger charge is 1.88. The molecule has 62 valence electrons. The number of hydrogen-bond donors (Lipinski definition) is 1. The van der Waals surface area contributed by atoms with Crippen molar-refractivity contribution >= 4 is 33.9 Å². The lowest BCUT2D eigenvalue weighted by molar-refractivity contribution is 1.11. The third kappa shape index (κ3) is 8.30. The average Bonchev–Trinajstić information content (AvgIpc) is 1.85. The van der Waals surface area contributed by atoms with Gasteiger partial charge in [0.2, 0.25) is 0 Å². The van der Waals surface area contributed by atoms with Gasteiger partial charge in [-0.3, -0.25) is 4.99 Å². The second-order valence-electron chi connectivity index (χ2n) is 1.66. The molecule has 0 unspecified atom stereocenters. The Bertz CT molecular complexity index is 95.7. The van der Waals surface area contributed by atoms with Gasteiger partial charge >= 0.3 is 0 Å². The molecule has 0 aliphatic rings. The molecule has 0 bridgehead atoms. The first-order chi connectivity index (χ1) is 4.31. The molecule has 0 radical (unpaired) electrons. The van der Waals surface area contributed by atoms with E-state index in [1.54, 1.807) is 11.8 Å². The molecule has 0 aliphatic carbocycles. The summed E-state index contributed by atoms with van der Waals surface area (Å²) in [5.74, 6) is 1.08. The summed E-state index contributed by atoms with van der Waals surface area (Å²) in [6, 6.07) is 0. The number of halogens is 1. The van der Waals surface area contributed by atoms with Crippen molar-refractivity contribution in [3.63, 3.8) is 0 Å². The minimum absolute atomic E-state index is 0. The molecule has 0 saturated heterocycles. The van der Waals surface area contributed by atoms with Crippen molar-refractivity contribution in [2.75, 3.05) is 12.3 Å². The summed E-state index contributed by atoms with van der Waals surface area (Å²) in [6.07, 6.45) is 1.16. The fraction of sp³-hybridized carbons (Fsp3) is 0.833. The van der Waals surface area contributed by atoms with E-state index in [1.807, 2.05) is 6.92 Å². The summed E-state index contributed by atoms with van der Waals surface area (Å²) >= 11 is 1.63. The van der Waals surface area contributed by atoms with E-state index in [4.69, 9.17) is 5.73 Å². The third-order valence-electron chi connectivity index (χ3n) is 0.768. The van der Waals surface area contributed by atoms with Gasteiger partial charge in [0, 0.05) is 12.3 Å². The molecule has 0 saturated carbocycles. The minimum Gasteiger partial charge on any atom is -0.379 e. The molecule has 0 amide bonds. The lowest BCUT2D eigenvalue weighted by Crippen LogP contribution is -2.07. The van der Waals surface area contributed by atoms with Crippen molar-refractivity contribution in [3.8, 4) is 0 Å². The van der Waals surface area contributed by atoms with E-state index in [1.165, 1.54) is 0 Å². The summed E-state index contributed by atoms with van der Waals surface area (Å²) in [7, 11) is 0. The van der Waals surface area contributed by atoms with Gasteiger partial charge in [0.1, 0.15) is 0 Å². The summed E-state index contributed by atoms with van der Waals surface area (Å²) in [5.41, 5.74) is 5.48. The van der Waals surface area contributed by atoms with Crippen LogP contribution in [0.1, 0.15) is 20.3 Å². The minimum atomic E-state index is 0. The van der Waals surface area contributed by atoms with Crippen molar-refractivity contribution in [1.82, 2.24) is 0 Å². The van der Waals surface area contributed by atoms with Crippen LogP contribution < -0.4 is 5.73 Å². The van der Waals surface area contributed by atoms with Gasteiger partial charge in [0.15, 0.2) is 5.17 Å². The Morgan fingerprint density at radius 3 is 2.50 bits per heavy atom. The van der Waals surface area contributed by atoms with Crippen LogP contribution in [0.2, 0.25) is 0 Å². The highest BCUT2D eigenvalue weighted by molar-refractivity contribution is 8.93. The quantitative estimate of drug-likeness (QED) is 0.591. The van der Waals surface area contributed by atoms with Crippen LogP contribution in [0.5, 0.6) is 0 Å². The smallest absolute Gasteiger partial charge is 0.153 e. The Kier molecular flexibility index (Phi) is 12.0. The molecular weight excluding hydrogens is 212 g/mol. The third-order valence-corrected chi connectivity index (χ3v) is 1.81. The topological polar surface area (TPSA) is 38.4 Å². The van der Waals surface area contributed by atoms with Crippen molar-refractivity contribution in [1.29, 1.82) is 0 Å². The molecule has 2 N–H and O–H groups in total. The number of amidine groups is 1. The molecule has 10 heavy (non-hydrogen) atoms. The number of rotatable bonds is 3. The monoisotopic (exact) mass is 226 g/mol. The van der Waals surface area contributed by atoms with Crippen LogP contribution in [0, 0.1) is 0 Å². The van der Waals surface area contributed by atoms with Gasteiger partial charge in [-0.1, -0.05) is 18.7 Å². The van der Waals surface area contributed by atoms with Crippen LogP contribution in [0.3, 0.4) is 0 Å².